The van der Waals surface area contributed by atoms with Gasteiger partial charge in [0.15, 0.2) is 0 Å². The molecule has 0 saturated carbocycles. The molecule has 1 aromatic rings. The van der Waals surface area contributed by atoms with Gasteiger partial charge in [-0.15, -0.1) is 0 Å². The van der Waals surface area contributed by atoms with Crippen molar-refractivity contribution < 1.29 is 19.1 Å². The normalized spacial score (nSPS) is 17.8. The summed E-state index contributed by atoms with van der Waals surface area (Å²) in [5, 5.41) is 2.67. The lowest BCUT2D eigenvalue weighted by atomic mass is 9.88. The molecule has 0 spiro atoms. The minimum atomic E-state index is -0.836. The minimum Gasteiger partial charge on any atom is -0.466 e. The number of esters is 1. The molecular formula is C17H19BrN2O4. The Kier molecular flexibility index (Phi) is 5.77. The highest BCUT2D eigenvalue weighted by molar-refractivity contribution is 9.10. The van der Waals surface area contributed by atoms with E-state index in [-0.39, 0.29) is 23.8 Å². The molecule has 0 radical (unpaired) electrons. The van der Waals surface area contributed by atoms with E-state index < -0.39 is 11.9 Å². The maximum Gasteiger partial charge on any atom is 0.336 e. The van der Waals surface area contributed by atoms with Gasteiger partial charge in [0.1, 0.15) is 0 Å². The Bertz CT molecular complexity index is 697. The fourth-order valence-corrected chi connectivity index (χ4v) is 3.04. The summed E-state index contributed by atoms with van der Waals surface area (Å²) in [6.07, 6.45) is -0.0797. The largest absolute Gasteiger partial charge is 0.466 e. The van der Waals surface area contributed by atoms with E-state index in [4.69, 9.17) is 4.74 Å². The number of hydrogen-bond donors (Lipinski definition) is 1. The van der Waals surface area contributed by atoms with E-state index in [1.165, 1.54) is 12.0 Å². The first-order valence-corrected chi connectivity index (χ1v) is 8.35. The van der Waals surface area contributed by atoms with Crippen LogP contribution in [0.2, 0.25) is 0 Å². The number of ether oxygens (including phenoxy) is 1. The number of allylic oxidation sites excluding steroid dienone is 1. The van der Waals surface area contributed by atoms with Crippen molar-refractivity contribution in [3.63, 3.8) is 0 Å². The SMILES string of the molecule is CCNC(=O)[C@@H]1CC(=O)N(c2ccc(Br)cc2)C(C)=C1C(=O)OC. The van der Waals surface area contributed by atoms with Gasteiger partial charge in [-0.05, 0) is 38.1 Å². The molecule has 7 heteroatoms. The number of carbonyl (C=O) groups is 3. The second-order valence-corrected chi connectivity index (χ2v) is 6.26. The lowest BCUT2D eigenvalue weighted by Gasteiger charge is -2.33. The summed E-state index contributed by atoms with van der Waals surface area (Å²) < 4.78 is 5.72. The van der Waals surface area contributed by atoms with Gasteiger partial charge in [-0.25, -0.2) is 4.79 Å². The van der Waals surface area contributed by atoms with Crippen LogP contribution in [0.5, 0.6) is 0 Å². The van der Waals surface area contributed by atoms with E-state index in [0.29, 0.717) is 17.9 Å². The first kappa shape index (κ1) is 18.2. The summed E-state index contributed by atoms with van der Waals surface area (Å²) in [6.45, 7) is 3.86. The molecule has 6 nitrogen and oxygen atoms in total. The maximum absolute atomic E-state index is 12.6. The summed E-state index contributed by atoms with van der Waals surface area (Å²) >= 11 is 3.35. The van der Waals surface area contributed by atoms with Gasteiger partial charge in [0, 0.05) is 28.8 Å². The Hall–Kier alpha value is -2.15. The zero-order chi connectivity index (χ0) is 17.9. The third-order valence-electron chi connectivity index (χ3n) is 3.86. The number of carbonyl (C=O) groups excluding carboxylic acids is 3. The van der Waals surface area contributed by atoms with Crippen LogP contribution in [0, 0.1) is 5.92 Å². The van der Waals surface area contributed by atoms with Crippen molar-refractivity contribution >= 4 is 39.4 Å². The molecule has 128 valence electrons. The number of anilines is 1. The highest BCUT2D eigenvalue weighted by Crippen LogP contribution is 2.33. The molecule has 0 saturated heterocycles. The first-order valence-electron chi connectivity index (χ1n) is 7.56. The van der Waals surface area contributed by atoms with E-state index >= 15 is 0 Å². The van der Waals surface area contributed by atoms with Crippen LogP contribution < -0.4 is 10.2 Å². The van der Waals surface area contributed by atoms with Crippen LogP contribution in [-0.2, 0) is 19.1 Å². The van der Waals surface area contributed by atoms with Crippen molar-refractivity contribution in [1.82, 2.24) is 5.32 Å². The maximum atomic E-state index is 12.6. The Morgan fingerprint density at radius 1 is 1.33 bits per heavy atom. The summed E-state index contributed by atoms with van der Waals surface area (Å²) in [5.41, 5.74) is 1.26. The van der Waals surface area contributed by atoms with Crippen molar-refractivity contribution in [3.8, 4) is 0 Å². The minimum absolute atomic E-state index is 0.0797. The number of nitrogens with zero attached hydrogens (tertiary/aromatic N) is 1. The molecule has 24 heavy (non-hydrogen) atoms. The van der Waals surface area contributed by atoms with Gasteiger partial charge in [0.25, 0.3) is 0 Å². The Morgan fingerprint density at radius 2 is 1.96 bits per heavy atom. The van der Waals surface area contributed by atoms with Crippen LogP contribution in [0.4, 0.5) is 5.69 Å². The number of amides is 2. The van der Waals surface area contributed by atoms with Crippen LogP contribution in [0.15, 0.2) is 40.0 Å². The molecule has 1 aromatic carbocycles. The monoisotopic (exact) mass is 394 g/mol. The molecule has 1 atom stereocenters. The number of rotatable bonds is 4. The zero-order valence-electron chi connectivity index (χ0n) is 13.8. The zero-order valence-corrected chi connectivity index (χ0v) is 15.3. The van der Waals surface area contributed by atoms with E-state index in [0.717, 1.165) is 4.47 Å². The lowest BCUT2D eigenvalue weighted by molar-refractivity contribution is -0.139. The molecule has 0 aromatic heterocycles. The molecule has 1 aliphatic rings. The van der Waals surface area contributed by atoms with E-state index in [2.05, 4.69) is 21.2 Å². The third kappa shape index (κ3) is 3.51. The second-order valence-electron chi connectivity index (χ2n) is 5.35. The predicted octanol–water partition coefficient (Wildman–Crippen LogP) is 2.39. The van der Waals surface area contributed by atoms with Gasteiger partial charge in [0.05, 0.1) is 18.6 Å². The van der Waals surface area contributed by atoms with E-state index in [1.807, 2.05) is 12.1 Å². The van der Waals surface area contributed by atoms with Crippen molar-refractivity contribution in [1.29, 1.82) is 0 Å². The number of hydrogen-bond acceptors (Lipinski definition) is 4. The fourth-order valence-electron chi connectivity index (χ4n) is 2.78. The first-order chi connectivity index (χ1) is 11.4. The fraction of sp³-hybridized carbons (Fsp3) is 0.353. The van der Waals surface area contributed by atoms with Crippen LogP contribution >= 0.6 is 15.9 Å². The Morgan fingerprint density at radius 3 is 2.50 bits per heavy atom. The van der Waals surface area contributed by atoms with Gasteiger partial charge >= 0.3 is 5.97 Å². The van der Waals surface area contributed by atoms with Gasteiger partial charge in [-0.3, -0.25) is 14.5 Å². The van der Waals surface area contributed by atoms with Crippen molar-refractivity contribution in [2.75, 3.05) is 18.6 Å². The molecule has 0 unspecified atom stereocenters. The van der Waals surface area contributed by atoms with Crippen LogP contribution in [0.1, 0.15) is 20.3 Å². The molecule has 2 rings (SSSR count). The average Bonchev–Trinajstić information content (AvgIpc) is 2.55. The molecule has 2 amide bonds. The molecule has 0 bridgehead atoms. The summed E-state index contributed by atoms with van der Waals surface area (Å²) in [4.78, 5) is 38.6. The number of halogens is 1. The van der Waals surface area contributed by atoms with Gasteiger partial charge in [-0.2, -0.15) is 0 Å². The van der Waals surface area contributed by atoms with Crippen LogP contribution in [-0.4, -0.2) is 31.4 Å². The van der Waals surface area contributed by atoms with E-state index in [9.17, 15) is 14.4 Å². The van der Waals surface area contributed by atoms with Crippen molar-refractivity contribution in [2.24, 2.45) is 5.92 Å². The molecule has 1 aliphatic heterocycles. The molecule has 1 heterocycles. The second kappa shape index (κ2) is 7.61. The third-order valence-corrected chi connectivity index (χ3v) is 4.39. The molecular weight excluding hydrogens is 376 g/mol. The van der Waals surface area contributed by atoms with Gasteiger partial charge in [-0.1, -0.05) is 15.9 Å². The topological polar surface area (TPSA) is 75.7 Å². The smallest absolute Gasteiger partial charge is 0.336 e. The standard InChI is InChI=1S/C17H19BrN2O4/c1-4-19-16(22)13-9-14(21)20(10(2)15(13)17(23)24-3)12-7-5-11(18)6-8-12/h5-8,13H,4,9H2,1-3H3,(H,19,22)/t13-/m1/s1. The highest BCUT2D eigenvalue weighted by Gasteiger charge is 2.40. The predicted molar refractivity (Wildman–Crippen MR) is 93.1 cm³/mol. The lowest BCUT2D eigenvalue weighted by Crippen LogP contribution is -2.44. The van der Waals surface area contributed by atoms with Crippen LogP contribution in [0.25, 0.3) is 0 Å². The molecule has 1 N–H and O–H groups in total. The van der Waals surface area contributed by atoms with Crippen LogP contribution in [0.3, 0.4) is 0 Å². The summed E-state index contributed by atoms with van der Waals surface area (Å²) in [6, 6.07) is 7.16. The quantitative estimate of drug-likeness (QED) is 0.795. The highest BCUT2D eigenvalue weighted by atomic mass is 79.9. The van der Waals surface area contributed by atoms with Gasteiger partial charge in [0.2, 0.25) is 11.8 Å². The number of methoxy groups -OCH3 is 1. The van der Waals surface area contributed by atoms with Crippen molar-refractivity contribution in [2.45, 2.75) is 20.3 Å². The molecule has 0 aliphatic carbocycles. The van der Waals surface area contributed by atoms with E-state index in [1.54, 1.807) is 26.0 Å². The Balaban J connectivity index is 2.52. The summed E-state index contributed by atoms with van der Waals surface area (Å²) in [7, 11) is 1.26. The van der Waals surface area contributed by atoms with Gasteiger partial charge < -0.3 is 10.1 Å². The summed E-state index contributed by atoms with van der Waals surface area (Å²) in [5.74, 6) is -2.02. The van der Waals surface area contributed by atoms with Crippen molar-refractivity contribution in [3.05, 3.63) is 40.0 Å². The Labute approximate surface area is 149 Å². The number of nitrogens with one attached hydrogen (secondary N) is 1. The average molecular weight is 395 g/mol. The number of benzene rings is 1. The molecule has 0 fully saturated rings.